The number of amides is 2. The molecule has 8 nitrogen and oxygen atoms in total. The van der Waals surface area contributed by atoms with Gasteiger partial charge in [-0.1, -0.05) is 23.7 Å². The van der Waals surface area contributed by atoms with E-state index in [-0.39, 0.29) is 12.6 Å². The SMILES string of the molecule is CC1=CC(C)NN1c1ccc(OCc2c(C3CC3)cccc2N(N)C(=O)N(C)N)c(Cl)c1. The molecule has 2 aromatic rings. The van der Waals surface area contributed by atoms with Crippen molar-refractivity contribution < 1.29 is 9.53 Å². The number of carbonyl (C=O) groups is 1. The number of urea groups is 1. The van der Waals surface area contributed by atoms with Gasteiger partial charge in [-0.3, -0.25) is 10.0 Å². The van der Waals surface area contributed by atoms with Gasteiger partial charge in [0, 0.05) is 24.4 Å². The molecule has 0 bridgehead atoms. The third-order valence-electron chi connectivity index (χ3n) is 5.69. The number of hydrogen-bond acceptors (Lipinski definition) is 6. The Balaban J connectivity index is 1.57. The molecule has 2 aliphatic rings. The first-order valence-electron chi connectivity index (χ1n) is 10.6. The summed E-state index contributed by atoms with van der Waals surface area (Å²) >= 11 is 6.56. The molecule has 5 N–H and O–H groups in total. The van der Waals surface area contributed by atoms with Gasteiger partial charge in [0.25, 0.3) is 0 Å². The summed E-state index contributed by atoms with van der Waals surface area (Å²) in [6, 6.07) is 11.2. The summed E-state index contributed by atoms with van der Waals surface area (Å²) in [6.07, 6.45) is 4.36. The lowest BCUT2D eigenvalue weighted by atomic mass is 10.0. The number of nitrogens with one attached hydrogen (secondary N) is 1. The van der Waals surface area contributed by atoms with E-state index in [1.807, 2.05) is 36.2 Å². The molecule has 9 heteroatoms. The van der Waals surface area contributed by atoms with Crippen LogP contribution in [0.4, 0.5) is 16.2 Å². The smallest absolute Gasteiger partial charge is 0.352 e. The lowest BCUT2D eigenvalue weighted by Crippen LogP contribution is -2.49. The summed E-state index contributed by atoms with van der Waals surface area (Å²) in [5, 5.41) is 4.52. The second-order valence-electron chi connectivity index (χ2n) is 8.35. The number of ether oxygens (including phenoxy) is 1. The summed E-state index contributed by atoms with van der Waals surface area (Å²) in [7, 11) is 1.46. The van der Waals surface area contributed by atoms with Crippen molar-refractivity contribution >= 4 is 29.0 Å². The topological polar surface area (TPSA) is 100 Å². The molecule has 1 unspecified atom stereocenters. The van der Waals surface area contributed by atoms with Gasteiger partial charge in [-0.25, -0.2) is 26.9 Å². The molecule has 2 amide bonds. The van der Waals surface area contributed by atoms with Gasteiger partial charge in [0.1, 0.15) is 12.4 Å². The van der Waals surface area contributed by atoms with Crippen LogP contribution >= 0.6 is 11.6 Å². The summed E-state index contributed by atoms with van der Waals surface area (Å²) in [5.74, 6) is 12.7. The van der Waals surface area contributed by atoms with E-state index in [2.05, 4.69) is 24.5 Å². The maximum atomic E-state index is 12.4. The van der Waals surface area contributed by atoms with Crippen molar-refractivity contribution in [2.75, 3.05) is 17.1 Å². The van der Waals surface area contributed by atoms with Gasteiger partial charge >= 0.3 is 6.03 Å². The molecule has 0 aromatic heterocycles. The minimum atomic E-state index is -0.516. The van der Waals surface area contributed by atoms with E-state index in [1.165, 1.54) is 7.05 Å². The Morgan fingerprint density at radius 3 is 2.62 bits per heavy atom. The minimum absolute atomic E-state index is 0.230. The fourth-order valence-electron chi connectivity index (χ4n) is 3.98. The standard InChI is InChI=1S/C23H29ClN6O2/c1-14-11-15(2)30(27-14)17-9-10-22(20(24)12-17)32-13-19-18(16-7-8-16)5-4-6-21(19)29(26)23(31)28(3)25/h4-6,9-12,14,16,27H,7-8,13,25-26H2,1-3H3. The van der Waals surface area contributed by atoms with Gasteiger partial charge in [-0.05, 0) is 68.5 Å². The molecule has 0 spiro atoms. The molecule has 1 atom stereocenters. The van der Waals surface area contributed by atoms with E-state index < -0.39 is 6.03 Å². The van der Waals surface area contributed by atoms with E-state index >= 15 is 0 Å². The third-order valence-corrected chi connectivity index (χ3v) is 5.99. The van der Waals surface area contributed by atoms with Crippen molar-refractivity contribution in [2.45, 2.75) is 45.3 Å². The zero-order valence-corrected chi connectivity index (χ0v) is 19.3. The highest BCUT2D eigenvalue weighted by Gasteiger charge is 2.29. The Bertz CT molecular complexity index is 1050. The summed E-state index contributed by atoms with van der Waals surface area (Å²) in [6.45, 7) is 4.36. The molecule has 1 fully saturated rings. The fourth-order valence-corrected chi connectivity index (χ4v) is 4.21. The quantitative estimate of drug-likeness (QED) is 0.345. The van der Waals surface area contributed by atoms with Gasteiger partial charge in [-0.15, -0.1) is 0 Å². The number of benzene rings is 2. The Kier molecular flexibility index (Phi) is 6.30. The number of anilines is 2. The first-order valence-corrected chi connectivity index (χ1v) is 11.0. The molecule has 32 heavy (non-hydrogen) atoms. The summed E-state index contributed by atoms with van der Waals surface area (Å²) < 4.78 is 6.11. The van der Waals surface area contributed by atoms with Crippen molar-refractivity contribution in [3.05, 3.63) is 64.3 Å². The van der Waals surface area contributed by atoms with Crippen LogP contribution < -0.4 is 31.9 Å². The third kappa shape index (κ3) is 4.54. The van der Waals surface area contributed by atoms with Crippen LogP contribution in [0.1, 0.15) is 43.7 Å². The predicted molar refractivity (Wildman–Crippen MR) is 127 cm³/mol. The predicted octanol–water partition coefficient (Wildman–Crippen LogP) is 4.02. The largest absolute Gasteiger partial charge is 0.487 e. The van der Waals surface area contributed by atoms with Crippen LogP contribution in [0.2, 0.25) is 5.02 Å². The van der Waals surface area contributed by atoms with E-state index in [9.17, 15) is 4.79 Å². The van der Waals surface area contributed by atoms with Crippen molar-refractivity contribution in [3.63, 3.8) is 0 Å². The van der Waals surface area contributed by atoms with Crippen molar-refractivity contribution in [1.82, 2.24) is 10.4 Å². The average molecular weight is 457 g/mol. The normalized spacial score (nSPS) is 17.9. The van der Waals surface area contributed by atoms with Gasteiger partial charge in [0.05, 0.1) is 16.4 Å². The average Bonchev–Trinajstić information content (AvgIpc) is 3.55. The van der Waals surface area contributed by atoms with E-state index in [1.54, 1.807) is 6.07 Å². The van der Waals surface area contributed by atoms with Crippen molar-refractivity contribution in [2.24, 2.45) is 11.7 Å². The van der Waals surface area contributed by atoms with Crippen molar-refractivity contribution in [1.29, 1.82) is 0 Å². The highest BCUT2D eigenvalue weighted by Crippen LogP contribution is 2.44. The minimum Gasteiger partial charge on any atom is -0.487 e. The van der Waals surface area contributed by atoms with Gasteiger partial charge in [-0.2, -0.15) is 0 Å². The summed E-state index contributed by atoms with van der Waals surface area (Å²) in [5.41, 5.74) is 7.98. The van der Waals surface area contributed by atoms with Gasteiger partial charge < -0.3 is 4.74 Å². The fraction of sp³-hybridized carbons (Fsp3) is 0.348. The molecule has 1 aliphatic carbocycles. The molecule has 170 valence electrons. The molecule has 1 heterocycles. The van der Waals surface area contributed by atoms with Crippen molar-refractivity contribution in [3.8, 4) is 5.75 Å². The number of allylic oxidation sites excluding steroid dienone is 1. The lowest BCUT2D eigenvalue weighted by molar-refractivity contribution is 0.216. The van der Waals surface area contributed by atoms with E-state index in [0.29, 0.717) is 22.4 Å². The first kappa shape index (κ1) is 22.4. The van der Waals surface area contributed by atoms with Crippen LogP contribution in [0.5, 0.6) is 5.75 Å². The molecule has 2 aromatic carbocycles. The summed E-state index contributed by atoms with van der Waals surface area (Å²) in [4.78, 5) is 12.4. The molecule has 0 saturated heterocycles. The first-order chi connectivity index (χ1) is 15.3. The number of hydrogen-bond donors (Lipinski definition) is 3. The Morgan fingerprint density at radius 1 is 1.28 bits per heavy atom. The number of nitrogens with zero attached hydrogens (tertiary/aromatic N) is 3. The van der Waals surface area contributed by atoms with Crippen LogP contribution in [0, 0.1) is 0 Å². The van der Waals surface area contributed by atoms with Gasteiger partial charge in [0.2, 0.25) is 0 Å². The number of carbonyl (C=O) groups excluding carboxylic acids is 1. The number of rotatable bonds is 6. The zero-order valence-electron chi connectivity index (χ0n) is 18.5. The van der Waals surface area contributed by atoms with E-state index in [4.69, 9.17) is 28.0 Å². The van der Waals surface area contributed by atoms with Crippen LogP contribution in [0.15, 0.2) is 48.2 Å². The van der Waals surface area contributed by atoms with Crippen LogP contribution in [0.3, 0.4) is 0 Å². The zero-order chi connectivity index (χ0) is 23.0. The molecule has 1 aliphatic heterocycles. The maximum absolute atomic E-state index is 12.4. The molecular formula is C23H29ClN6O2. The lowest BCUT2D eigenvalue weighted by Gasteiger charge is -2.25. The Morgan fingerprint density at radius 2 is 2.03 bits per heavy atom. The second-order valence-corrected chi connectivity index (χ2v) is 8.75. The van der Waals surface area contributed by atoms with Crippen LogP contribution in [-0.2, 0) is 6.61 Å². The maximum Gasteiger partial charge on any atom is 0.352 e. The molecule has 4 rings (SSSR count). The van der Waals surface area contributed by atoms with Crippen LogP contribution in [-0.4, -0.2) is 24.1 Å². The number of hydrazine groups is 3. The highest BCUT2D eigenvalue weighted by atomic mass is 35.5. The van der Waals surface area contributed by atoms with E-state index in [0.717, 1.165) is 45.4 Å². The highest BCUT2D eigenvalue weighted by molar-refractivity contribution is 6.32. The molecular weight excluding hydrogens is 428 g/mol. The monoisotopic (exact) mass is 456 g/mol. The molecule has 0 radical (unpaired) electrons. The van der Waals surface area contributed by atoms with Crippen LogP contribution in [0.25, 0.3) is 0 Å². The molecule has 1 saturated carbocycles. The second kappa shape index (κ2) is 8.99. The Hall–Kier alpha value is -2.78. The number of halogens is 1. The number of nitrogens with two attached hydrogens (primary N) is 2. The Labute approximate surface area is 193 Å². The van der Waals surface area contributed by atoms with Gasteiger partial charge in [0.15, 0.2) is 0 Å².